The van der Waals surface area contributed by atoms with Crippen molar-refractivity contribution in [1.82, 2.24) is 10.6 Å². The molecule has 1 aliphatic rings. The zero-order valence-electron chi connectivity index (χ0n) is 24.6. The van der Waals surface area contributed by atoms with Gasteiger partial charge in [-0.1, -0.05) is 66.7 Å². The van der Waals surface area contributed by atoms with Crippen LogP contribution >= 0.6 is 0 Å². The zero-order valence-corrected chi connectivity index (χ0v) is 24.6. The van der Waals surface area contributed by atoms with E-state index < -0.39 is 41.6 Å². The van der Waals surface area contributed by atoms with Gasteiger partial charge in [-0.15, -0.1) is 0 Å². The van der Waals surface area contributed by atoms with Crippen LogP contribution in [-0.4, -0.2) is 48.8 Å². The van der Waals surface area contributed by atoms with E-state index >= 15 is 0 Å². The van der Waals surface area contributed by atoms with E-state index in [4.69, 9.17) is 9.73 Å². The van der Waals surface area contributed by atoms with E-state index in [0.29, 0.717) is 37.0 Å². The van der Waals surface area contributed by atoms with Gasteiger partial charge in [0, 0.05) is 23.7 Å². The van der Waals surface area contributed by atoms with Crippen LogP contribution in [0.5, 0.6) is 5.75 Å². The molecule has 2 atom stereocenters. The Balaban J connectivity index is 1.35. The number of nitrogens with one attached hydrogen (secondary N) is 2. The molecule has 0 aliphatic carbocycles. The van der Waals surface area contributed by atoms with Gasteiger partial charge >= 0.3 is 0 Å². The Labute approximate surface area is 259 Å². The van der Waals surface area contributed by atoms with Crippen LogP contribution in [0.2, 0.25) is 0 Å². The molecular weight excluding hydrogens is 578 g/mol. The van der Waals surface area contributed by atoms with E-state index in [1.807, 2.05) is 84.9 Å². The van der Waals surface area contributed by atoms with Gasteiger partial charge in [0.05, 0.1) is 24.4 Å². The molecular formula is C35H32F2N4O4. The Morgan fingerprint density at radius 2 is 1.56 bits per heavy atom. The molecule has 0 fully saturated rings. The lowest BCUT2D eigenvalue weighted by Crippen LogP contribution is -2.53. The summed E-state index contributed by atoms with van der Waals surface area (Å²) in [6.07, 6.45) is -1.13. The first-order chi connectivity index (χ1) is 21.8. The highest BCUT2D eigenvalue weighted by molar-refractivity contribution is 6.20. The second-order valence-electron chi connectivity index (χ2n) is 10.5. The molecule has 4 aromatic carbocycles. The number of para-hydroxylation sites is 2. The number of amides is 3. The van der Waals surface area contributed by atoms with Crippen molar-refractivity contribution in [1.29, 1.82) is 0 Å². The SMILES string of the molecule is C[C@H](NC(=O)Cc1cc(F)cc(F)c1)C(=O)NC1N=C(c2ccccc2)c2ccccc2N(CCCOc2ccccc2)C1=O. The lowest BCUT2D eigenvalue weighted by Gasteiger charge is -2.26. The average molecular weight is 611 g/mol. The summed E-state index contributed by atoms with van der Waals surface area (Å²) >= 11 is 0. The van der Waals surface area contributed by atoms with Crippen molar-refractivity contribution < 1.29 is 27.9 Å². The Hall–Kier alpha value is -5.38. The Morgan fingerprint density at radius 1 is 0.911 bits per heavy atom. The largest absolute Gasteiger partial charge is 0.494 e. The minimum atomic E-state index is -1.30. The lowest BCUT2D eigenvalue weighted by molar-refractivity contribution is -0.130. The van der Waals surface area contributed by atoms with Crippen LogP contribution in [0, 0.1) is 11.6 Å². The second-order valence-corrected chi connectivity index (χ2v) is 10.5. The Bertz CT molecular complexity index is 1680. The summed E-state index contributed by atoms with van der Waals surface area (Å²) in [5.74, 6) is -2.61. The third-order valence-corrected chi connectivity index (χ3v) is 7.13. The molecule has 1 heterocycles. The summed E-state index contributed by atoms with van der Waals surface area (Å²) in [4.78, 5) is 46.3. The number of carbonyl (C=O) groups is 3. The molecule has 1 aliphatic heterocycles. The van der Waals surface area contributed by atoms with E-state index in [2.05, 4.69) is 10.6 Å². The number of anilines is 1. The maximum absolute atomic E-state index is 14.0. The minimum absolute atomic E-state index is 0.123. The molecule has 8 nitrogen and oxygen atoms in total. The van der Waals surface area contributed by atoms with Crippen molar-refractivity contribution in [3.05, 3.63) is 131 Å². The van der Waals surface area contributed by atoms with E-state index in [9.17, 15) is 23.2 Å². The van der Waals surface area contributed by atoms with Crippen LogP contribution < -0.4 is 20.3 Å². The molecule has 10 heteroatoms. The molecule has 4 aromatic rings. The zero-order chi connectivity index (χ0) is 31.8. The molecule has 5 rings (SSSR count). The van der Waals surface area contributed by atoms with Gasteiger partial charge in [-0.05, 0) is 49.2 Å². The minimum Gasteiger partial charge on any atom is -0.494 e. The predicted molar refractivity (Wildman–Crippen MR) is 167 cm³/mol. The van der Waals surface area contributed by atoms with Crippen LogP contribution in [-0.2, 0) is 20.8 Å². The molecule has 45 heavy (non-hydrogen) atoms. The van der Waals surface area contributed by atoms with Gasteiger partial charge in [0.2, 0.25) is 18.0 Å². The van der Waals surface area contributed by atoms with Gasteiger partial charge in [-0.2, -0.15) is 0 Å². The second kappa shape index (κ2) is 14.4. The number of hydrogen-bond acceptors (Lipinski definition) is 5. The summed E-state index contributed by atoms with van der Waals surface area (Å²) in [7, 11) is 0. The maximum Gasteiger partial charge on any atom is 0.272 e. The van der Waals surface area contributed by atoms with Crippen molar-refractivity contribution in [2.75, 3.05) is 18.1 Å². The molecule has 0 spiro atoms. The van der Waals surface area contributed by atoms with Crippen molar-refractivity contribution in [3.63, 3.8) is 0 Å². The van der Waals surface area contributed by atoms with Gasteiger partial charge in [-0.25, -0.2) is 13.8 Å². The number of ether oxygens (including phenoxy) is 1. The van der Waals surface area contributed by atoms with E-state index in [1.165, 1.54) is 6.92 Å². The Kier molecular flexibility index (Phi) is 9.93. The first-order valence-corrected chi connectivity index (χ1v) is 14.5. The highest BCUT2D eigenvalue weighted by atomic mass is 19.1. The van der Waals surface area contributed by atoms with Gasteiger partial charge < -0.3 is 20.3 Å². The molecule has 0 saturated heterocycles. The van der Waals surface area contributed by atoms with Crippen molar-refractivity contribution in [3.8, 4) is 5.75 Å². The number of benzodiazepines with no additional fused rings is 1. The maximum atomic E-state index is 14.0. The molecule has 0 bridgehead atoms. The summed E-state index contributed by atoms with van der Waals surface area (Å²) < 4.78 is 33.0. The van der Waals surface area contributed by atoms with Crippen LogP contribution in [0.4, 0.5) is 14.5 Å². The van der Waals surface area contributed by atoms with Crippen molar-refractivity contribution >= 4 is 29.1 Å². The number of fused-ring (bicyclic) bond motifs is 1. The average Bonchev–Trinajstić information content (AvgIpc) is 3.14. The highest BCUT2D eigenvalue weighted by Gasteiger charge is 2.33. The molecule has 2 N–H and O–H groups in total. The third kappa shape index (κ3) is 7.97. The van der Waals surface area contributed by atoms with E-state index in [-0.39, 0.29) is 12.0 Å². The van der Waals surface area contributed by atoms with Crippen LogP contribution in [0.15, 0.2) is 108 Å². The van der Waals surface area contributed by atoms with Gasteiger partial charge in [0.15, 0.2) is 0 Å². The predicted octanol–water partition coefficient (Wildman–Crippen LogP) is 4.81. The Morgan fingerprint density at radius 3 is 2.27 bits per heavy atom. The normalized spacial score (nSPS) is 14.9. The number of rotatable bonds is 11. The lowest BCUT2D eigenvalue weighted by atomic mass is 10.0. The van der Waals surface area contributed by atoms with E-state index in [0.717, 1.165) is 29.0 Å². The van der Waals surface area contributed by atoms with Crippen LogP contribution in [0.3, 0.4) is 0 Å². The first-order valence-electron chi connectivity index (χ1n) is 14.5. The molecule has 0 aromatic heterocycles. The highest BCUT2D eigenvalue weighted by Crippen LogP contribution is 2.28. The van der Waals surface area contributed by atoms with Gasteiger partial charge in [-0.3, -0.25) is 14.4 Å². The molecule has 0 radical (unpaired) electrons. The third-order valence-electron chi connectivity index (χ3n) is 7.13. The standard InChI is InChI=1S/C35H32F2N4O4/c1-23(38-31(42)21-24-19-26(36)22-27(37)20-24)34(43)40-33-35(44)41(17-10-18-45-28-13-6-3-7-14-28)30-16-9-8-15-29(30)32(39-33)25-11-4-2-5-12-25/h2-9,11-16,19-20,22-23,33H,10,17-18,21H2,1H3,(H,38,42)(H,40,43)/t23-,33?/m0/s1. The van der Waals surface area contributed by atoms with Gasteiger partial charge in [0.1, 0.15) is 23.4 Å². The smallest absolute Gasteiger partial charge is 0.272 e. The monoisotopic (exact) mass is 610 g/mol. The fourth-order valence-corrected chi connectivity index (χ4v) is 5.03. The topological polar surface area (TPSA) is 100 Å². The summed E-state index contributed by atoms with van der Waals surface area (Å²) in [5, 5.41) is 5.22. The number of halogens is 2. The first kappa shape index (κ1) is 31.1. The van der Waals surface area contributed by atoms with Crippen molar-refractivity contribution in [2.45, 2.75) is 32.0 Å². The number of carbonyl (C=O) groups excluding carboxylic acids is 3. The summed E-state index contributed by atoms with van der Waals surface area (Å²) in [6.45, 7) is 2.11. The number of benzene rings is 4. The van der Waals surface area contributed by atoms with E-state index in [1.54, 1.807) is 4.90 Å². The molecule has 0 saturated carbocycles. The molecule has 1 unspecified atom stereocenters. The van der Waals surface area contributed by atoms with Crippen molar-refractivity contribution in [2.24, 2.45) is 4.99 Å². The fraction of sp³-hybridized carbons (Fsp3) is 0.200. The fourth-order valence-electron chi connectivity index (χ4n) is 5.03. The molecule has 3 amide bonds. The summed E-state index contributed by atoms with van der Waals surface area (Å²) in [5.41, 5.74) is 2.78. The number of nitrogens with zero attached hydrogens (tertiary/aromatic N) is 2. The molecule has 230 valence electrons. The van der Waals surface area contributed by atoms with Crippen LogP contribution in [0.1, 0.15) is 30.0 Å². The van der Waals surface area contributed by atoms with Crippen LogP contribution in [0.25, 0.3) is 0 Å². The number of hydrogen-bond donors (Lipinski definition) is 2. The number of aliphatic imine (C=N–C) groups is 1. The quantitative estimate of drug-likeness (QED) is 0.238. The van der Waals surface area contributed by atoms with Gasteiger partial charge in [0.25, 0.3) is 5.91 Å². The summed E-state index contributed by atoms with van der Waals surface area (Å²) in [6, 6.07) is 27.9.